The summed E-state index contributed by atoms with van der Waals surface area (Å²) in [6, 6.07) is 6.87. The number of halogens is 6. The van der Waals surface area contributed by atoms with E-state index in [0.29, 0.717) is 53.5 Å². The van der Waals surface area contributed by atoms with Crippen LogP contribution in [0.4, 0.5) is 0 Å². The molecule has 12 heteroatoms. The van der Waals surface area contributed by atoms with Crippen LogP contribution in [0.5, 0.6) is 17.4 Å². The fourth-order valence-electron chi connectivity index (χ4n) is 2.32. The molecule has 184 valence electrons. The lowest BCUT2D eigenvalue weighted by Crippen LogP contribution is -2.06. The van der Waals surface area contributed by atoms with Crippen molar-refractivity contribution in [3.63, 3.8) is 0 Å². The summed E-state index contributed by atoms with van der Waals surface area (Å²) < 4.78 is 17.0. The molecule has 1 aromatic heterocycles. The van der Waals surface area contributed by atoms with Crippen molar-refractivity contribution in [2.24, 2.45) is 5.16 Å². The Morgan fingerprint density at radius 2 is 1.56 bits per heavy atom. The number of rotatable bonds is 14. The molecule has 1 heterocycles. The van der Waals surface area contributed by atoms with Crippen LogP contribution >= 0.6 is 69.6 Å². The van der Waals surface area contributed by atoms with Crippen molar-refractivity contribution >= 4 is 75.8 Å². The monoisotopic (exact) mass is 586 g/mol. The van der Waals surface area contributed by atoms with E-state index in [1.165, 1.54) is 12.2 Å². The van der Waals surface area contributed by atoms with Crippen LogP contribution in [0.3, 0.4) is 0 Å². The van der Waals surface area contributed by atoms with Gasteiger partial charge in [0, 0.05) is 43.5 Å². The molecular formula is C22H20Cl6N2O4. The Morgan fingerprint density at radius 3 is 2.21 bits per heavy atom. The molecule has 34 heavy (non-hydrogen) atoms. The normalized spacial score (nSPS) is 10.6. The molecule has 0 amide bonds. The lowest BCUT2D eigenvalue weighted by Gasteiger charge is -2.12. The van der Waals surface area contributed by atoms with Crippen molar-refractivity contribution in [2.45, 2.75) is 12.8 Å². The van der Waals surface area contributed by atoms with Crippen molar-refractivity contribution in [2.75, 3.05) is 26.4 Å². The molecule has 0 atom stereocenters. The third kappa shape index (κ3) is 11.7. The van der Waals surface area contributed by atoms with Gasteiger partial charge in [-0.2, -0.15) is 0 Å². The van der Waals surface area contributed by atoms with Crippen molar-refractivity contribution in [1.82, 2.24) is 4.98 Å². The van der Waals surface area contributed by atoms with E-state index in [4.69, 9.17) is 88.7 Å². The van der Waals surface area contributed by atoms with Gasteiger partial charge < -0.3 is 19.0 Å². The molecule has 0 unspecified atom stereocenters. The summed E-state index contributed by atoms with van der Waals surface area (Å²) in [5, 5.41) is 4.45. The van der Waals surface area contributed by atoms with Gasteiger partial charge in [-0.15, -0.1) is 0 Å². The number of hydrogen-bond acceptors (Lipinski definition) is 6. The van der Waals surface area contributed by atoms with Crippen molar-refractivity contribution in [3.8, 4) is 17.4 Å². The molecule has 0 saturated heterocycles. The Morgan fingerprint density at radius 1 is 0.882 bits per heavy atom. The fraction of sp³-hybridized carbons (Fsp3) is 0.273. The Bertz CT molecular complexity index is 968. The maximum absolute atomic E-state index is 6.24. The Kier molecular flexibility index (Phi) is 13.7. The molecule has 0 fully saturated rings. The van der Waals surface area contributed by atoms with E-state index >= 15 is 0 Å². The Balaban J connectivity index is 1.69. The van der Waals surface area contributed by atoms with Crippen LogP contribution in [0.25, 0.3) is 0 Å². The van der Waals surface area contributed by atoms with Gasteiger partial charge in [0.25, 0.3) is 0 Å². The van der Waals surface area contributed by atoms with Gasteiger partial charge >= 0.3 is 0 Å². The van der Waals surface area contributed by atoms with E-state index < -0.39 is 0 Å². The van der Waals surface area contributed by atoms with Crippen LogP contribution in [0.2, 0.25) is 10.0 Å². The van der Waals surface area contributed by atoms with Crippen molar-refractivity contribution < 1.29 is 19.0 Å². The second-order valence-electron chi connectivity index (χ2n) is 6.36. The highest BCUT2D eigenvalue weighted by Crippen LogP contribution is 2.37. The Labute approximate surface area is 227 Å². The van der Waals surface area contributed by atoms with Crippen LogP contribution in [0.15, 0.2) is 56.8 Å². The number of hydrogen-bond donors (Lipinski definition) is 0. The standard InChI is InChI=1S/C22H20Cl6N2O4/c23-17-12-16(31-10-5-19(25)26)13-18(24)22(17)33-9-1-8-32-21-3-2-15(14-29-21)4-7-30-34-11-6-20(27)28/h2-3,5-7,12-14H,1,4,8-11H2. The molecule has 6 nitrogen and oxygen atoms in total. The predicted octanol–water partition coefficient (Wildman–Crippen LogP) is 7.80. The van der Waals surface area contributed by atoms with Crippen molar-refractivity contribution in [3.05, 3.63) is 67.2 Å². The second kappa shape index (κ2) is 16.2. The summed E-state index contributed by atoms with van der Waals surface area (Å²) in [7, 11) is 0. The molecule has 0 radical (unpaired) electrons. The summed E-state index contributed by atoms with van der Waals surface area (Å²) >= 11 is 34.5. The Hall–Kier alpha value is -1.54. The summed E-state index contributed by atoms with van der Waals surface area (Å²) in [6.07, 6.45) is 7.47. The van der Waals surface area contributed by atoms with Gasteiger partial charge in [-0.25, -0.2) is 4.98 Å². The molecule has 0 aliphatic carbocycles. The van der Waals surface area contributed by atoms with Gasteiger partial charge in [-0.3, -0.25) is 0 Å². The van der Waals surface area contributed by atoms with Crippen LogP contribution in [0.1, 0.15) is 12.0 Å². The van der Waals surface area contributed by atoms with Gasteiger partial charge in [0.05, 0.1) is 23.3 Å². The smallest absolute Gasteiger partial charge is 0.213 e. The number of aromatic nitrogens is 1. The maximum Gasteiger partial charge on any atom is 0.213 e. The molecule has 0 spiro atoms. The lowest BCUT2D eigenvalue weighted by atomic mass is 10.2. The topological polar surface area (TPSA) is 62.2 Å². The summed E-state index contributed by atoms with van der Waals surface area (Å²) in [6.45, 7) is 1.14. The predicted molar refractivity (Wildman–Crippen MR) is 140 cm³/mol. The van der Waals surface area contributed by atoms with E-state index in [2.05, 4.69) is 10.1 Å². The summed E-state index contributed by atoms with van der Waals surface area (Å²) in [4.78, 5) is 9.23. The number of benzene rings is 1. The highest BCUT2D eigenvalue weighted by atomic mass is 35.5. The first-order valence-corrected chi connectivity index (χ1v) is 12.1. The van der Waals surface area contributed by atoms with Crippen LogP contribution in [-0.4, -0.2) is 37.6 Å². The highest BCUT2D eigenvalue weighted by Gasteiger charge is 2.11. The minimum absolute atomic E-state index is 0.115. The molecule has 1 aromatic carbocycles. The van der Waals surface area contributed by atoms with E-state index in [1.54, 1.807) is 30.6 Å². The SMILES string of the molecule is ClC(Cl)=CCON=CCc1ccc(OCCCOc2c(Cl)cc(OCC=C(Cl)Cl)cc2Cl)nc1. The van der Waals surface area contributed by atoms with Gasteiger partial charge in [0.2, 0.25) is 5.88 Å². The minimum atomic E-state index is 0.115. The van der Waals surface area contributed by atoms with Crippen LogP contribution in [-0.2, 0) is 11.3 Å². The lowest BCUT2D eigenvalue weighted by molar-refractivity contribution is 0.176. The first-order valence-electron chi connectivity index (χ1n) is 9.83. The summed E-state index contributed by atoms with van der Waals surface area (Å²) in [5.74, 6) is 1.34. The summed E-state index contributed by atoms with van der Waals surface area (Å²) in [5.41, 5.74) is 0.951. The molecule has 0 aliphatic rings. The average molecular weight is 589 g/mol. The third-order valence-corrected chi connectivity index (χ3v) is 5.01. The van der Waals surface area contributed by atoms with E-state index in [-0.39, 0.29) is 22.2 Å². The van der Waals surface area contributed by atoms with Crippen molar-refractivity contribution in [1.29, 1.82) is 0 Å². The van der Waals surface area contributed by atoms with E-state index in [9.17, 15) is 0 Å². The van der Waals surface area contributed by atoms with Gasteiger partial charge in [0.1, 0.15) is 27.9 Å². The van der Waals surface area contributed by atoms with Crippen LogP contribution in [0, 0.1) is 0 Å². The zero-order chi connectivity index (χ0) is 24.8. The van der Waals surface area contributed by atoms with E-state index in [0.717, 1.165) is 5.56 Å². The molecule has 0 bridgehead atoms. The average Bonchev–Trinajstić information content (AvgIpc) is 2.78. The number of pyridine rings is 1. The number of nitrogens with zero attached hydrogens (tertiary/aromatic N) is 2. The molecule has 2 rings (SSSR count). The number of oxime groups is 1. The van der Waals surface area contributed by atoms with Gasteiger partial charge in [-0.1, -0.05) is 80.8 Å². The fourth-order valence-corrected chi connectivity index (χ4v) is 3.15. The largest absolute Gasteiger partial charge is 0.490 e. The number of ether oxygens (including phenoxy) is 3. The van der Waals surface area contributed by atoms with Gasteiger partial charge in [0.15, 0.2) is 5.75 Å². The second-order valence-corrected chi connectivity index (χ2v) is 9.19. The molecule has 2 aromatic rings. The molecule has 0 N–H and O–H groups in total. The quantitative estimate of drug-likeness (QED) is 0.128. The zero-order valence-electron chi connectivity index (χ0n) is 17.7. The molecule has 0 aliphatic heterocycles. The first-order chi connectivity index (χ1) is 16.3. The molecular weight excluding hydrogens is 569 g/mol. The van der Waals surface area contributed by atoms with Gasteiger partial charge in [-0.05, 0) is 17.7 Å². The third-order valence-electron chi connectivity index (χ3n) is 3.83. The zero-order valence-corrected chi connectivity index (χ0v) is 22.2. The maximum atomic E-state index is 6.24. The van der Waals surface area contributed by atoms with E-state index in [1.807, 2.05) is 6.07 Å². The minimum Gasteiger partial charge on any atom is -0.490 e. The first kappa shape index (κ1) is 28.7. The highest BCUT2D eigenvalue weighted by molar-refractivity contribution is 6.56. The molecule has 0 saturated carbocycles. The van der Waals surface area contributed by atoms with Crippen LogP contribution < -0.4 is 14.2 Å².